The Morgan fingerprint density at radius 1 is 0.933 bits per heavy atom. The quantitative estimate of drug-likeness (QED) is 0.733. The number of nitrogens with zero attached hydrogens (tertiary/aromatic N) is 2. The van der Waals surface area contributed by atoms with E-state index >= 15 is 0 Å². The third-order valence-electron chi connectivity index (χ3n) is 6.20. The number of ether oxygens (including phenoxy) is 1. The highest BCUT2D eigenvalue weighted by Crippen LogP contribution is 2.26. The highest BCUT2D eigenvalue weighted by Gasteiger charge is 2.33. The van der Waals surface area contributed by atoms with Crippen LogP contribution in [0.4, 0.5) is 5.69 Å². The molecular formula is C23H28N2O4S. The first-order valence-corrected chi connectivity index (χ1v) is 12.0. The van der Waals surface area contributed by atoms with Gasteiger partial charge in [-0.3, -0.25) is 4.79 Å². The van der Waals surface area contributed by atoms with Crippen LogP contribution in [0.3, 0.4) is 0 Å². The number of likely N-dealkylation sites (tertiary alicyclic amines) is 1. The van der Waals surface area contributed by atoms with E-state index in [1.807, 2.05) is 30.3 Å². The lowest BCUT2D eigenvalue weighted by Crippen LogP contribution is -2.42. The molecule has 6 nitrogen and oxygen atoms in total. The van der Waals surface area contributed by atoms with E-state index in [-0.39, 0.29) is 12.0 Å². The summed E-state index contributed by atoms with van der Waals surface area (Å²) in [7, 11) is -1.61. The highest BCUT2D eigenvalue weighted by atomic mass is 32.2. The first kappa shape index (κ1) is 20.9. The average molecular weight is 429 g/mol. The molecule has 2 fully saturated rings. The largest absolute Gasteiger partial charge is 0.380 e. The van der Waals surface area contributed by atoms with Crippen LogP contribution in [0.15, 0.2) is 59.5 Å². The maximum atomic E-state index is 12.9. The molecule has 2 heterocycles. The summed E-state index contributed by atoms with van der Waals surface area (Å²) in [6.07, 6.45) is 2.21. The molecule has 1 amide bonds. The van der Waals surface area contributed by atoms with Gasteiger partial charge in [0.25, 0.3) is 5.91 Å². The fourth-order valence-electron chi connectivity index (χ4n) is 4.32. The Labute approximate surface area is 178 Å². The molecular weight excluding hydrogens is 400 g/mol. The number of carbonyl (C=O) groups is 1. The standard InChI is InChI=1S/C23H28N2O4S/c1-29-20-11-14-25(17-20)19-9-7-18(8-10-19)23(26)24-15-12-22(13-16-24)30(27,28)21-5-3-2-4-6-21/h2-10,20,22H,11-17H2,1H3/t20-/m1/s1. The Bertz CT molecular complexity index is 968. The fourth-order valence-corrected chi connectivity index (χ4v) is 6.08. The summed E-state index contributed by atoms with van der Waals surface area (Å²) in [4.78, 5) is 17.3. The third kappa shape index (κ3) is 4.23. The van der Waals surface area contributed by atoms with Gasteiger partial charge in [-0.15, -0.1) is 0 Å². The number of hydrogen-bond donors (Lipinski definition) is 0. The second kappa shape index (κ2) is 8.78. The van der Waals surface area contributed by atoms with Crippen molar-refractivity contribution in [3.63, 3.8) is 0 Å². The zero-order chi connectivity index (χ0) is 21.1. The van der Waals surface area contributed by atoms with Crippen molar-refractivity contribution in [2.24, 2.45) is 0 Å². The predicted octanol–water partition coefficient (Wildman–Crippen LogP) is 2.99. The number of anilines is 1. The minimum atomic E-state index is -3.35. The molecule has 2 aromatic rings. The van der Waals surface area contributed by atoms with Crippen LogP contribution in [-0.2, 0) is 14.6 Å². The molecule has 2 saturated heterocycles. The average Bonchev–Trinajstić information content (AvgIpc) is 3.29. The molecule has 0 radical (unpaired) electrons. The van der Waals surface area contributed by atoms with Gasteiger partial charge in [-0.2, -0.15) is 0 Å². The molecule has 30 heavy (non-hydrogen) atoms. The molecule has 160 valence electrons. The molecule has 0 spiro atoms. The predicted molar refractivity (Wildman–Crippen MR) is 117 cm³/mol. The van der Waals surface area contributed by atoms with Crippen molar-refractivity contribution < 1.29 is 17.9 Å². The van der Waals surface area contributed by atoms with E-state index in [9.17, 15) is 13.2 Å². The Balaban J connectivity index is 1.36. The van der Waals surface area contributed by atoms with Crippen molar-refractivity contribution in [3.8, 4) is 0 Å². The summed E-state index contributed by atoms with van der Waals surface area (Å²) in [5, 5.41) is -0.435. The second-order valence-electron chi connectivity index (χ2n) is 7.99. The maximum Gasteiger partial charge on any atom is 0.253 e. The zero-order valence-electron chi connectivity index (χ0n) is 17.2. The lowest BCUT2D eigenvalue weighted by atomic mass is 10.1. The molecule has 0 saturated carbocycles. The molecule has 0 aliphatic carbocycles. The number of rotatable bonds is 5. The number of sulfone groups is 1. The SMILES string of the molecule is CO[C@@H]1CCN(c2ccc(C(=O)N3CCC(S(=O)(=O)c4ccccc4)CC3)cc2)C1. The van der Waals surface area contributed by atoms with E-state index < -0.39 is 15.1 Å². The Hall–Kier alpha value is -2.38. The van der Waals surface area contributed by atoms with Crippen molar-refractivity contribution in [3.05, 3.63) is 60.2 Å². The van der Waals surface area contributed by atoms with Crippen molar-refractivity contribution >= 4 is 21.4 Å². The summed E-state index contributed by atoms with van der Waals surface area (Å²) < 4.78 is 31.1. The van der Waals surface area contributed by atoms with E-state index in [1.54, 1.807) is 36.3 Å². The van der Waals surface area contributed by atoms with Gasteiger partial charge < -0.3 is 14.5 Å². The Kier molecular flexibility index (Phi) is 6.11. The first-order valence-electron chi connectivity index (χ1n) is 10.4. The number of benzene rings is 2. The lowest BCUT2D eigenvalue weighted by Gasteiger charge is -2.32. The summed E-state index contributed by atoms with van der Waals surface area (Å²) >= 11 is 0. The lowest BCUT2D eigenvalue weighted by molar-refractivity contribution is 0.0725. The summed E-state index contributed by atoms with van der Waals surface area (Å²) in [6, 6.07) is 16.3. The van der Waals surface area contributed by atoms with Crippen LogP contribution in [0.5, 0.6) is 0 Å². The van der Waals surface area contributed by atoms with Crippen molar-refractivity contribution in [1.82, 2.24) is 4.90 Å². The summed E-state index contributed by atoms with van der Waals surface area (Å²) in [5.74, 6) is -0.0340. The highest BCUT2D eigenvalue weighted by molar-refractivity contribution is 7.92. The van der Waals surface area contributed by atoms with Gasteiger partial charge in [0.05, 0.1) is 16.2 Å². The minimum Gasteiger partial charge on any atom is -0.380 e. The molecule has 4 rings (SSSR count). The molecule has 0 N–H and O–H groups in total. The molecule has 1 atom stereocenters. The number of methoxy groups -OCH3 is 1. The summed E-state index contributed by atoms with van der Waals surface area (Å²) in [6.45, 7) is 2.74. The van der Waals surface area contributed by atoms with Crippen molar-refractivity contribution in [1.29, 1.82) is 0 Å². The van der Waals surface area contributed by atoms with Gasteiger partial charge in [-0.05, 0) is 55.7 Å². The molecule has 0 unspecified atom stereocenters. The van der Waals surface area contributed by atoms with Gasteiger partial charge in [0.1, 0.15) is 0 Å². The van der Waals surface area contributed by atoms with Gasteiger partial charge in [0.15, 0.2) is 9.84 Å². The van der Waals surface area contributed by atoms with Crippen LogP contribution in [0, 0.1) is 0 Å². The minimum absolute atomic E-state index is 0.0340. The van der Waals surface area contributed by atoms with Crippen LogP contribution in [-0.4, -0.2) is 63.9 Å². The topological polar surface area (TPSA) is 66.9 Å². The van der Waals surface area contributed by atoms with E-state index in [2.05, 4.69) is 4.90 Å². The number of piperidine rings is 1. The normalized spacial score (nSPS) is 20.5. The van der Waals surface area contributed by atoms with Crippen LogP contribution >= 0.6 is 0 Å². The molecule has 2 aliphatic heterocycles. The number of amides is 1. The first-order chi connectivity index (χ1) is 14.5. The van der Waals surface area contributed by atoms with Gasteiger partial charge in [-0.1, -0.05) is 18.2 Å². The van der Waals surface area contributed by atoms with Gasteiger partial charge in [-0.25, -0.2) is 8.42 Å². The van der Waals surface area contributed by atoms with E-state index in [0.29, 0.717) is 36.4 Å². The van der Waals surface area contributed by atoms with Gasteiger partial charge >= 0.3 is 0 Å². The smallest absolute Gasteiger partial charge is 0.253 e. The van der Waals surface area contributed by atoms with Crippen LogP contribution in [0.25, 0.3) is 0 Å². The van der Waals surface area contributed by atoms with Gasteiger partial charge in [0.2, 0.25) is 0 Å². The fraction of sp³-hybridized carbons (Fsp3) is 0.435. The number of carbonyl (C=O) groups excluding carboxylic acids is 1. The second-order valence-corrected chi connectivity index (χ2v) is 10.2. The summed E-state index contributed by atoms with van der Waals surface area (Å²) in [5.41, 5.74) is 1.74. The monoisotopic (exact) mass is 428 g/mol. The zero-order valence-corrected chi connectivity index (χ0v) is 18.1. The third-order valence-corrected chi connectivity index (χ3v) is 8.48. The van der Waals surface area contributed by atoms with Crippen LogP contribution < -0.4 is 4.90 Å². The molecule has 0 bridgehead atoms. The Morgan fingerprint density at radius 2 is 1.60 bits per heavy atom. The van der Waals surface area contributed by atoms with Crippen LogP contribution in [0.2, 0.25) is 0 Å². The van der Waals surface area contributed by atoms with Crippen molar-refractivity contribution in [2.45, 2.75) is 35.5 Å². The van der Waals surface area contributed by atoms with E-state index in [4.69, 9.17) is 4.74 Å². The molecule has 0 aromatic heterocycles. The van der Waals surface area contributed by atoms with Crippen LogP contribution in [0.1, 0.15) is 29.6 Å². The maximum absolute atomic E-state index is 12.9. The van der Waals surface area contributed by atoms with Gasteiger partial charge in [0, 0.05) is 44.5 Å². The molecule has 7 heteroatoms. The van der Waals surface area contributed by atoms with E-state index in [1.165, 1.54) is 0 Å². The molecule has 2 aliphatic rings. The number of hydrogen-bond acceptors (Lipinski definition) is 5. The van der Waals surface area contributed by atoms with E-state index in [0.717, 1.165) is 25.2 Å². The van der Waals surface area contributed by atoms with Crippen molar-refractivity contribution in [2.75, 3.05) is 38.2 Å². The molecule has 2 aromatic carbocycles. The Morgan fingerprint density at radius 3 is 2.20 bits per heavy atom.